The molecular formula is C51H93NO10. The molecule has 1 aliphatic rings. The van der Waals surface area contributed by atoms with Gasteiger partial charge in [-0.25, -0.2) is 0 Å². The predicted octanol–water partition coefficient (Wildman–Crippen LogP) is 9.99. The number of ether oxygens (including phenoxy) is 3. The highest BCUT2D eigenvalue weighted by atomic mass is 16.7. The normalized spacial score (nSPS) is 20.4. The van der Waals surface area contributed by atoms with Gasteiger partial charge in [0, 0.05) is 12.8 Å². The minimum absolute atomic E-state index is 0.0405. The van der Waals surface area contributed by atoms with Crippen LogP contribution in [0.25, 0.3) is 0 Å². The monoisotopic (exact) mass is 880 g/mol. The van der Waals surface area contributed by atoms with Crippen LogP contribution in [0.1, 0.15) is 213 Å². The lowest BCUT2D eigenvalue weighted by Crippen LogP contribution is -2.60. The van der Waals surface area contributed by atoms with E-state index in [-0.39, 0.29) is 24.9 Å². The van der Waals surface area contributed by atoms with Gasteiger partial charge in [0.15, 0.2) is 6.29 Å². The molecule has 0 aromatic rings. The smallest absolute Gasteiger partial charge is 0.305 e. The molecule has 11 nitrogen and oxygen atoms in total. The topological polar surface area (TPSA) is 175 Å². The number of allylic oxidation sites excluding steroid dienone is 5. The molecule has 362 valence electrons. The number of hydrogen-bond acceptors (Lipinski definition) is 10. The minimum Gasteiger partial charge on any atom is -0.466 e. The van der Waals surface area contributed by atoms with Gasteiger partial charge in [0.2, 0.25) is 5.91 Å². The van der Waals surface area contributed by atoms with Crippen molar-refractivity contribution in [2.75, 3.05) is 19.8 Å². The van der Waals surface area contributed by atoms with Crippen LogP contribution in [-0.2, 0) is 23.8 Å². The van der Waals surface area contributed by atoms with E-state index in [0.29, 0.717) is 19.4 Å². The van der Waals surface area contributed by atoms with Crippen molar-refractivity contribution in [2.45, 2.75) is 256 Å². The molecule has 0 saturated carbocycles. The molecule has 0 bridgehead atoms. The van der Waals surface area contributed by atoms with Gasteiger partial charge >= 0.3 is 5.97 Å². The van der Waals surface area contributed by atoms with E-state index in [1.807, 2.05) is 18.2 Å². The van der Waals surface area contributed by atoms with E-state index < -0.39 is 49.5 Å². The summed E-state index contributed by atoms with van der Waals surface area (Å²) in [5.41, 5.74) is 0. The van der Waals surface area contributed by atoms with E-state index in [2.05, 4.69) is 31.3 Å². The molecule has 7 unspecified atom stereocenters. The zero-order valence-corrected chi connectivity index (χ0v) is 39.3. The second kappa shape index (κ2) is 41.6. The Bertz CT molecular complexity index is 1130. The van der Waals surface area contributed by atoms with Crippen molar-refractivity contribution in [1.29, 1.82) is 0 Å². The molecule has 1 fully saturated rings. The van der Waals surface area contributed by atoms with Gasteiger partial charge in [-0.1, -0.05) is 185 Å². The van der Waals surface area contributed by atoms with Gasteiger partial charge in [0.05, 0.1) is 32.0 Å². The first-order valence-corrected chi connectivity index (χ1v) is 25.3. The van der Waals surface area contributed by atoms with Gasteiger partial charge in [0.1, 0.15) is 24.4 Å². The third-order valence-electron chi connectivity index (χ3n) is 11.8. The summed E-state index contributed by atoms with van der Waals surface area (Å²) < 4.78 is 16.6. The highest BCUT2D eigenvalue weighted by molar-refractivity contribution is 5.76. The number of carbonyl (C=O) groups excluding carboxylic acids is 2. The van der Waals surface area contributed by atoms with Gasteiger partial charge in [0.25, 0.3) is 0 Å². The molecule has 0 aromatic carbocycles. The Morgan fingerprint density at radius 2 is 1.10 bits per heavy atom. The number of esters is 1. The van der Waals surface area contributed by atoms with Crippen LogP contribution in [-0.4, -0.2) is 100 Å². The molecule has 1 aliphatic heterocycles. The Kier molecular flexibility index (Phi) is 38.8. The predicted molar refractivity (Wildman–Crippen MR) is 251 cm³/mol. The SMILES string of the molecule is CCCCCCCCCC/C=C/C(O)C(COC1OC(CO)C(O)C(O)C1O)NC(=O)CC/C=C\C/C=C\CCCCCCCCOC(=O)CCCCCCCCCCCCC. The molecule has 1 amide bonds. The van der Waals surface area contributed by atoms with E-state index in [1.54, 1.807) is 6.08 Å². The van der Waals surface area contributed by atoms with Crippen molar-refractivity contribution in [3.63, 3.8) is 0 Å². The lowest BCUT2D eigenvalue weighted by Gasteiger charge is -2.40. The summed E-state index contributed by atoms with van der Waals surface area (Å²) in [6.07, 6.45) is 38.1. The van der Waals surface area contributed by atoms with Crippen molar-refractivity contribution in [2.24, 2.45) is 0 Å². The summed E-state index contributed by atoms with van der Waals surface area (Å²) in [6, 6.07) is -0.852. The molecule has 0 radical (unpaired) electrons. The van der Waals surface area contributed by atoms with Crippen LogP contribution < -0.4 is 5.32 Å². The third kappa shape index (κ3) is 31.7. The van der Waals surface area contributed by atoms with Crippen LogP contribution in [0.5, 0.6) is 0 Å². The quantitative estimate of drug-likeness (QED) is 0.0197. The summed E-state index contributed by atoms with van der Waals surface area (Å²) >= 11 is 0. The van der Waals surface area contributed by atoms with E-state index in [1.165, 1.54) is 109 Å². The molecule has 11 heteroatoms. The first-order chi connectivity index (χ1) is 30.2. The van der Waals surface area contributed by atoms with Crippen LogP contribution in [0.15, 0.2) is 36.5 Å². The van der Waals surface area contributed by atoms with Gasteiger partial charge < -0.3 is 45.1 Å². The average molecular weight is 880 g/mol. The molecule has 6 N–H and O–H groups in total. The fraction of sp³-hybridized carbons (Fsp3) is 0.843. The Morgan fingerprint density at radius 3 is 1.66 bits per heavy atom. The molecule has 0 spiro atoms. The van der Waals surface area contributed by atoms with E-state index in [0.717, 1.165) is 70.6 Å². The number of amides is 1. The van der Waals surface area contributed by atoms with Crippen LogP contribution in [0.3, 0.4) is 0 Å². The zero-order valence-electron chi connectivity index (χ0n) is 39.3. The van der Waals surface area contributed by atoms with Gasteiger partial charge in [-0.15, -0.1) is 0 Å². The minimum atomic E-state index is -1.59. The number of aliphatic hydroxyl groups excluding tert-OH is 5. The van der Waals surface area contributed by atoms with Crippen molar-refractivity contribution in [3.8, 4) is 0 Å². The largest absolute Gasteiger partial charge is 0.466 e. The fourth-order valence-electron chi connectivity index (χ4n) is 7.66. The summed E-state index contributed by atoms with van der Waals surface area (Å²) in [6.45, 7) is 4.21. The molecule has 1 saturated heterocycles. The van der Waals surface area contributed by atoms with Crippen LogP contribution in [0.4, 0.5) is 0 Å². The zero-order chi connectivity index (χ0) is 45.3. The van der Waals surface area contributed by atoms with Gasteiger partial charge in [-0.3, -0.25) is 9.59 Å². The molecule has 0 aromatic heterocycles. The van der Waals surface area contributed by atoms with E-state index in [4.69, 9.17) is 14.2 Å². The lowest BCUT2D eigenvalue weighted by molar-refractivity contribution is -0.302. The van der Waals surface area contributed by atoms with Crippen molar-refractivity contribution < 1.29 is 49.3 Å². The first-order valence-electron chi connectivity index (χ1n) is 25.3. The maximum absolute atomic E-state index is 12.9. The second-order valence-electron chi connectivity index (χ2n) is 17.5. The second-order valence-corrected chi connectivity index (χ2v) is 17.5. The molecule has 0 aliphatic carbocycles. The molecule has 62 heavy (non-hydrogen) atoms. The van der Waals surface area contributed by atoms with Crippen LogP contribution >= 0.6 is 0 Å². The number of hydrogen-bond donors (Lipinski definition) is 6. The Labute approximate surface area is 377 Å². The summed E-state index contributed by atoms with van der Waals surface area (Å²) in [5.74, 6) is -0.305. The fourth-order valence-corrected chi connectivity index (χ4v) is 7.66. The van der Waals surface area contributed by atoms with Crippen molar-refractivity contribution in [3.05, 3.63) is 36.5 Å². The third-order valence-corrected chi connectivity index (χ3v) is 11.8. The van der Waals surface area contributed by atoms with Crippen molar-refractivity contribution in [1.82, 2.24) is 5.32 Å². The number of aliphatic hydroxyl groups is 5. The number of carbonyl (C=O) groups is 2. The molecule has 1 heterocycles. The summed E-state index contributed by atoms with van der Waals surface area (Å²) in [7, 11) is 0. The van der Waals surface area contributed by atoms with Crippen LogP contribution in [0.2, 0.25) is 0 Å². The summed E-state index contributed by atoms with van der Waals surface area (Å²) in [4.78, 5) is 24.9. The Balaban J connectivity index is 2.23. The highest BCUT2D eigenvalue weighted by Crippen LogP contribution is 2.22. The first kappa shape index (κ1) is 57.9. The van der Waals surface area contributed by atoms with Crippen LogP contribution in [0, 0.1) is 0 Å². The molecular weight excluding hydrogens is 787 g/mol. The number of unbranched alkanes of at least 4 members (excludes halogenated alkanes) is 24. The highest BCUT2D eigenvalue weighted by Gasteiger charge is 2.44. The van der Waals surface area contributed by atoms with Gasteiger partial charge in [-0.05, 0) is 51.4 Å². The Hall–Kier alpha value is -2.12. The van der Waals surface area contributed by atoms with Gasteiger partial charge in [-0.2, -0.15) is 0 Å². The maximum Gasteiger partial charge on any atom is 0.305 e. The summed E-state index contributed by atoms with van der Waals surface area (Å²) in [5, 5.41) is 54.0. The average Bonchev–Trinajstić information content (AvgIpc) is 3.27. The van der Waals surface area contributed by atoms with E-state index >= 15 is 0 Å². The number of rotatable bonds is 42. The standard InChI is InChI=1S/C51H93NO10/c1-3-5-7-9-11-13-18-23-27-31-35-39-47(56)60-40-36-32-28-24-20-17-15-16-19-22-26-30-34-38-46(55)52-43(42-61-51-50(59)49(58)48(57)45(41-53)62-51)44(54)37-33-29-25-21-14-12-10-8-6-4-2/h16,19,26,30,33,37,43-45,48-51,53-54,57-59H,3-15,17-18,20-25,27-29,31-32,34-36,38-42H2,1-2H3,(H,52,55)/b19-16-,30-26-,37-33+. The lowest BCUT2D eigenvalue weighted by atomic mass is 9.99. The molecule has 1 rings (SSSR count). The van der Waals surface area contributed by atoms with Crippen molar-refractivity contribution >= 4 is 11.9 Å². The number of nitrogens with one attached hydrogen (secondary N) is 1. The van der Waals surface area contributed by atoms with E-state index in [9.17, 15) is 35.1 Å². The molecule has 7 atom stereocenters. The maximum atomic E-state index is 12.9. The Morgan fingerprint density at radius 1 is 0.597 bits per heavy atom.